The van der Waals surface area contributed by atoms with Crippen LogP contribution >= 0.6 is 27.7 Å². The molecular weight excluding hydrogens is 456 g/mol. The first kappa shape index (κ1) is 21.5. The average Bonchev–Trinajstić information content (AvgIpc) is 2.77. The summed E-state index contributed by atoms with van der Waals surface area (Å²) < 4.78 is 11.5. The number of carbonyl (C=O) groups is 2. The van der Waals surface area contributed by atoms with E-state index >= 15 is 0 Å². The minimum absolute atomic E-state index is 0.0899. The van der Waals surface area contributed by atoms with Crippen molar-refractivity contribution in [3.8, 4) is 11.5 Å². The van der Waals surface area contributed by atoms with E-state index < -0.39 is 0 Å². The van der Waals surface area contributed by atoms with Crippen molar-refractivity contribution in [2.24, 2.45) is 0 Å². The van der Waals surface area contributed by atoms with E-state index in [1.54, 1.807) is 30.2 Å². The lowest BCUT2D eigenvalue weighted by atomic mass is 10.1. The topological polar surface area (TPSA) is 59.1 Å². The van der Waals surface area contributed by atoms with Gasteiger partial charge in [0, 0.05) is 41.6 Å². The molecule has 0 atom stereocenters. The van der Waals surface area contributed by atoms with Gasteiger partial charge < -0.3 is 19.3 Å². The third-order valence-corrected chi connectivity index (χ3v) is 6.26. The monoisotopic (exact) mass is 478 g/mol. The van der Waals surface area contributed by atoms with Gasteiger partial charge in [-0.3, -0.25) is 9.59 Å². The molecule has 154 valence electrons. The molecule has 1 heterocycles. The van der Waals surface area contributed by atoms with Crippen LogP contribution in [-0.2, 0) is 4.79 Å². The Balaban J connectivity index is 1.53. The first-order chi connectivity index (χ1) is 14.0. The van der Waals surface area contributed by atoms with E-state index in [0.717, 1.165) is 9.37 Å². The molecule has 1 aliphatic rings. The zero-order valence-corrected chi connectivity index (χ0v) is 18.8. The SMILES string of the molecule is COc1ccc(C(=O)N2CCN(C(=O)CSc3ccc(Br)cc3)CC2)c(OC)c1. The van der Waals surface area contributed by atoms with Crippen LogP contribution < -0.4 is 9.47 Å². The molecule has 2 aromatic carbocycles. The Kier molecular flexibility index (Phi) is 7.44. The van der Waals surface area contributed by atoms with Crippen molar-refractivity contribution < 1.29 is 19.1 Å². The van der Waals surface area contributed by atoms with Crippen LogP contribution in [0.3, 0.4) is 0 Å². The van der Waals surface area contributed by atoms with Gasteiger partial charge in [-0.25, -0.2) is 0 Å². The van der Waals surface area contributed by atoms with Crippen LogP contribution in [0.5, 0.6) is 11.5 Å². The summed E-state index contributed by atoms with van der Waals surface area (Å²) in [5.41, 5.74) is 0.499. The van der Waals surface area contributed by atoms with Crippen molar-refractivity contribution in [3.63, 3.8) is 0 Å². The Hall–Kier alpha value is -2.19. The second-order valence-electron chi connectivity index (χ2n) is 6.48. The number of amides is 2. The third kappa shape index (κ3) is 5.45. The van der Waals surface area contributed by atoms with Gasteiger partial charge in [0.25, 0.3) is 5.91 Å². The molecule has 1 aliphatic heterocycles. The first-order valence-corrected chi connectivity index (χ1v) is 11.0. The Morgan fingerprint density at radius 3 is 2.24 bits per heavy atom. The van der Waals surface area contributed by atoms with Crippen LogP contribution in [0.15, 0.2) is 51.8 Å². The molecular formula is C21H23BrN2O4S. The number of nitrogens with zero attached hydrogens (tertiary/aromatic N) is 2. The largest absolute Gasteiger partial charge is 0.497 e. The predicted molar refractivity (Wildman–Crippen MR) is 117 cm³/mol. The summed E-state index contributed by atoms with van der Waals surface area (Å²) in [5.74, 6) is 1.51. The van der Waals surface area contributed by atoms with Crippen molar-refractivity contribution in [3.05, 3.63) is 52.5 Å². The van der Waals surface area contributed by atoms with Gasteiger partial charge >= 0.3 is 0 Å². The molecule has 0 unspecified atom stereocenters. The molecule has 0 radical (unpaired) electrons. The van der Waals surface area contributed by atoms with Crippen LogP contribution in [0.25, 0.3) is 0 Å². The van der Waals surface area contributed by atoms with Gasteiger partial charge in [-0.1, -0.05) is 15.9 Å². The van der Waals surface area contributed by atoms with Crippen molar-refractivity contribution in [2.75, 3.05) is 46.2 Å². The summed E-state index contributed by atoms with van der Waals surface area (Å²) in [4.78, 5) is 30.0. The molecule has 0 aromatic heterocycles. The van der Waals surface area contributed by atoms with E-state index in [9.17, 15) is 9.59 Å². The molecule has 3 rings (SSSR count). The number of rotatable bonds is 6. The van der Waals surface area contributed by atoms with Gasteiger partial charge in [0.2, 0.25) is 5.91 Å². The molecule has 0 spiro atoms. The summed E-state index contributed by atoms with van der Waals surface area (Å²) in [6, 6.07) is 13.1. The van der Waals surface area contributed by atoms with Crippen LogP contribution in [0.1, 0.15) is 10.4 Å². The number of halogens is 1. The van der Waals surface area contributed by atoms with E-state index in [2.05, 4.69) is 15.9 Å². The predicted octanol–water partition coefficient (Wildman–Crippen LogP) is 3.54. The minimum Gasteiger partial charge on any atom is -0.497 e. The number of thioether (sulfide) groups is 1. The fraction of sp³-hybridized carbons (Fsp3) is 0.333. The van der Waals surface area contributed by atoms with Crippen molar-refractivity contribution >= 4 is 39.5 Å². The lowest BCUT2D eigenvalue weighted by Crippen LogP contribution is -2.51. The smallest absolute Gasteiger partial charge is 0.257 e. The number of methoxy groups -OCH3 is 2. The second kappa shape index (κ2) is 10.0. The van der Waals surface area contributed by atoms with E-state index in [0.29, 0.717) is 49.0 Å². The lowest BCUT2D eigenvalue weighted by Gasteiger charge is -2.35. The number of carbonyl (C=O) groups excluding carboxylic acids is 2. The molecule has 6 nitrogen and oxygen atoms in total. The van der Waals surface area contributed by atoms with Gasteiger partial charge in [0.15, 0.2) is 0 Å². The highest BCUT2D eigenvalue weighted by Gasteiger charge is 2.26. The van der Waals surface area contributed by atoms with Crippen LogP contribution in [0, 0.1) is 0 Å². The molecule has 1 fully saturated rings. The summed E-state index contributed by atoms with van der Waals surface area (Å²) in [6.45, 7) is 2.07. The molecule has 2 aromatic rings. The van der Waals surface area contributed by atoms with Gasteiger partial charge in [-0.2, -0.15) is 0 Å². The molecule has 0 N–H and O–H groups in total. The van der Waals surface area contributed by atoms with Crippen LogP contribution in [0.4, 0.5) is 0 Å². The Morgan fingerprint density at radius 2 is 1.62 bits per heavy atom. The average molecular weight is 479 g/mol. The van der Waals surface area contributed by atoms with Crippen molar-refractivity contribution in [2.45, 2.75) is 4.90 Å². The summed E-state index contributed by atoms with van der Waals surface area (Å²) >= 11 is 4.93. The molecule has 8 heteroatoms. The maximum absolute atomic E-state index is 12.9. The van der Waals surface area contributed by atoms with Gasteiger partial charge in [-0.05, 0) is 36.4 Å². The Morgan fingerprint density at radius 1 is 0.966 bits per heavy atom. The first-order valence-electron chi connectivity index (χ1n) is 9.19. The van der Waals surface area contributed by atoms with Gasteiger partial charge in [-0.15, -0.1) is 11.8 Å². The van der Waals surface area contributed by atoms with E-state index in [1.807, 2.05) is 29.2 Å². The van der Waals surface area contributed by atoms with Crippen molar-refractivity contribution in [1.29, 1.82) is 0 Å². The number of hydrogen-bond donors (Lipinski definition) is 0. The standard InChI is InChI=1S/C21H23BrN2O4S/c1-27-16-5-8-18(19(13-16)28-2)21(26)24-11-9-23(10-12-24)20(25)14-29-17-6-3-15(22)4-7-17/h3-8,13H,9-12,14H2,1-2H3. The molecule has 0 saturated carbocycles. The number of piperazine rings is 1. The molecule has 1 saturated heterocycles. The molecule has 2 amide bonds. The minimum atomic E-state index is -0.0964. The summed E-state index contributed by atoms with van der Waals surface area (Å²) in [6.07, 6.45) is 0. The molecule has 0 aliphatic carbocycles. The quantitative estimate of drug-likeness (QED) is 0.594. The fourth-order valence-electron chi connectivity index (χ4n) is 3.07. The number of benzene rings is 2. The normalized spacial score (nSPS) is 13.9. The number of hydrogen-bond acceptors (Lipinski definition) is 5. The van der Waals surface area contributed by atoms with E-state index in [4.69, 9.17) is 9.47 Å². The third-order valence-electron chi connectivity index (χ3n) is 4.73. The summed E-state index contributed by atoms with van der Waals surface area (Å²) in [7, 11) is 3.10. The molecule has 0 bridgehead atoms. The zero-order chi connectivity index (χ0) is 20.8. The second-order valence-corrected chi connectivity index (χ2v) is 8.45. The van der Waals surface area contributed by atoms with Gasteiger partial charge in [0.1, 0.15) is 11.5 Å². The number of ether oxygens (including phenoxy) is 2. The lowest BCUT2D eigenvalue weighted by molar-refractivity contribution is -0.129. The van der Waals surface area contributed by atoms with Crippen LogP contribution in [-0.4, -0.2) is 67.8 Å². The van der Waals surface area contributed by atoms with Crippen LogP contribution in [0.2, 0.25) is 0 Å². The van der Waals surface area contributed by atoms with Crippen molar-refractivity contribution in [1.82, 2.24) is 9.80 Å². The molecule has 29 heavy (non-hydrogen) atoms. The highest BCUT2D eigenvalue weighted by Crippen LogP contribution is 2.26. The summed E-state index contributed by atoms with van der Waals surface area (Å²) in [5, 5.41) is 0. The Bertz CT molecular complexity index is 867. The maximum Gasteiger partial charge on any atom is 0.257 e. The highest BCUT2D eigenvalue weighted by atomic mass is 79.9. The highest BCUT2D eigenvalue weighted by molar-refractivity contribution is 9.10. The van der Waals surface area contributed by atoms with E-state index in [-0.39, 0.29) is 11.8 Å². The van der Waals surface area contributed by atoms with E-state index in [1.165, 1.54) is 18.9 Å². The maximum atomic E-state index is 12.9. The zero-order valence-electron chi connectivity index (χ0n) is 16.4. The Labute approximate surface area is 183 Å². The van der Waals surface area contributed by atoms with Gasteiger partial charge in [0.05, 0.1) is 25.5 Å². The fourth-order valence-corrected chi connectivity index (χ4v) is 4.14.